The third-order valence-corrected chi connectivity index (χ3v) is 1.99. The van der Waals surface area contributed by atoms with Gasteiger partial charge in [-0.3, -0.25) is 0 Å². The Morgan fingerprint density at radius 3 is 2.33 bits per heavy atom. The fourth-order valence-electron chi connectivity index (χ4n) is 0.934. The SMILES string of the molecule is O=C(O)c1ccc(C(F)(F)F)c(F)c1Cl.[HH]. The fraction of sp³-hybridized carbons (Fsp3) is 0.125. The number of hydrogen-bond donors (Lipinski definition) is 1. The van der Waals surface area contributed by atoms with E-state index in [9.17, 15) is 22.4 Å². The number of rotatable bonds is 1. The number of carboxylic acid groups (broad SMARTS) is 1. The molecule has 0 radical (unpaired) electrons. The molecule has 0 aliphatic carbocycles. The van der Waals surface area contributed by atoms with Crippen LogP contribution in [0.5, 0.6) is 0 Å². The number of carboxylic acids is 1. The molecule has 0 atom stereocenters. The first kappa shape index (κ1) is 11.8. The van der Waals surface area contributed by atoms with E-state index in [4.69, 9.17) is 16.7 Å². The molecular formula is C8H5ClF4O2. The Kier molecular flexibility index (Phi) is 2.90. The van der Waals surface area contributed by atoms with Crippen LogP contribution in [-0.2, 0) is 6.18 Å². The van der Waals surface area contributed by atoms with Crippen LogP contribution in [0.4, 0.5) is 17.6 Å². The lowest BCUT2D eigenvalue weighted by atomic mass is 10.1. The first-order valence-electron chi connectivity index (χ1n) is 3.53. The molecule has 1 rings (SSSR count). The molecule has 1 aromatic rings. The highest BCUT2D eigenvalue weighted by Gasteiger charge is 2.36. The molecule has 0 aromatic heterocycles. The average molecular weight is 245 g/mol. The van der Waals surface area contributed by atoms with Crippen molar-refractivity contribution in [3.63, 3.8) is 0 Å². The molecule has 0 heterocycles. The van der Waals surface area contributed by atoms with Crippen molar-refractivity contribution < 1.29 is 28.9 Å². The molecule has 84 valence electrons. The molecule has 0 bridgehead atoms. The summed E-state index contributed by atoms with van der Waals surface area (Å²) in [7, 11) is 0. The van der Waals surface area contributed by atoms with Crippen LogP contribution in [0.3, 0.4) is 0 Å². The van der Waals surface area contributed by atoms with Gasteiger partial charge in [0.05, 0.1) is 16.1 Å². The van der Waals surface area contributed by atoms with E-state index in [0.29, 0.717) is 12.1 Å². The number of benzene rings is 1. The first-order chi connectivity index (χ1) is 6.75. The maximum Gasteiger partial charge on any atom is 0.419 e. The van der Waals surface area contributed by atoms with Gasteiger partial charge in [-0.15, -0.1) is 0 Å². The monoisotopic (exact) mass is 244 g/mol. The molecule has 0 unspecified atom stereocenters. The lowest BCUT2D eigenvalue weighted by Crippen LogP contribution is -2.10. The molecule has 0 aliphatic heterocycles. The molecule has 0 fully saturated rings. The molecule has 0 amide bonds. The van der Waals surface area contributed by atoms with Crippen LogP contribution in [0, 0.1) is 5.82 Å². The fourth-order valence-corrected chi connectivity index (χ4v) is 1.18. The molecule has 1 N–H and O–H groups in total. The van der Waals surface area contributed by atoms with Crippen molar-refractivity contribution in [1.82, 2.24) is 0 Å². The highest BCUT2D eigenvalue weighted by molar-refractivity contribution is 6.33. The van der Waals surface area contributed by atoms with Crippen molar-refractivity contribution in [3.8, 4) is 0 Å². The van der Waals surface area contributed by atoms with Crippen LogP contribution in [0.15, 0.2) is 12.1 Å². The van der Waals surface area contributed by atoms with Crippen molar-refractivity contribution in [2.75, 3.05) is 0 Å². The largest absolute Gasteiger partial charge is 0.478 e. The summed E-state index contributed by atoms with van der Waals surface area (Å²) < 4.78 is 49.3. The van der Waals surface area contributed by atoms with Crippen LogP contribution in [0.2, 0.25) is 5.02 Å². The molecule has 0 saturated heterocycles. The topological polar surface area (TPSA) is 37.3 Å². The van der Waals surface area contributed by atoms with Gasteiger partial charge in [-0.25, -0.2) is 9.18 Å². The first-order valence-corrected chi connectivity index (χ1v) is 3.91. The maximum atomic E-state index is 13.0. The van der Waals surface area contributed by atoms with Gasteiger partial charge in [0.25, 0.3) is 0 Å². The van der Waals surface area contributed by atoms with Gasteiger partial charge < -0.3 is 5.11 Å². The predicted octanol–water partition coefficient (Wildman–Crippen LogP) is 3.44. The number of alkyl halides is 3. The average Bonchev–Trinajstić information content (AvgIpc) is 2.06. The third kappa shape index (κ3) is 2.20. The van der Waals surface area contributed by atoms with E-state index in [0.717, 1.165) is 0 Å². The molecular weight excluding hydrogens is 240 g/mol. The number of aromatic carboxylic acids is 1. The van der Waals surface area contributed by atoms with E-state index in [2.05, 4.69) is 0 Å². The van der Waals surface area contributed by atoms with E-state index in [1.54, 1.807) is 0 Å². The summed E-state index contributed by atoms with van der Waals surface area (Å²) in [6.07, 6.45) is -4.90. The zero-order valence-electron chi connectivity index (χ0n) is 6.90. The van der Waals surface area contributed by atoms with E-state index in [-0.39, 0.29) is 1.43 Å². The summed E-state index contributed by atoms with van der Waals surface area (Å²) in [5, 5.41) is 7.41. The summed E-state index contributed by atoms with van der Waals surface area (Å²) in [6.45, 7) is 0. The zero-order chi connectivity index (χ0) is 11.8. The Bertz CT molecular complexity index is 419. The molecule has 2 nitrogen and oxygen atoms in total. The summed E-state index contributed by atoms with van der Waals surface area (Å²) in [5.74, 6) is -3.36. The van der Waals surface area contributed by atoms with Crippen molar-refractivity contribution >= 4 is 17.6 Å². The van der Waals surface area contributed by atoms with Crippen LogP contribution in [-0.4, -0.2) is 11.1 Å². The van der Waals surface area contributed by atoms with Crippen molar-refractivity contribution in [1.29, 1.82) is 0 Å². The molecule has 0 saturated carbocycles. The minimum Gasteiger partial charge on any atom is -0.478 e. The Labute approximate surface area is 87.6 Å². The normalized spacial score (nSPS) is 11.5. The Morgan fingerprint density at radius 2 is 1.93 bits per heavy atom. The lowest BCUT2D eigenvalue weighted by Gasteiger charge is -2.09. The minimum absolute atomic E-state index is 0. The van der Waals surface area contributed by atoms with Crippen LogP contribution < -0.4 is 0 Å². The predicted molar refractivity (Wildman–Crippen MR) is 45.5 cm³/mol. The van der Waals surface area contributed by atoms with Gasteiger partial charge in [0.15, 0.2) is 5.82 Å². The molecule has 0 aliphatic rings. The van der Waals surface area contributed by atoms with Gasteiger partial charge in [-0.1, -0.05) is 11.6 Å². The van der Waals surface area contributed by atoms with E-state index in [1.807, 2.05) is 0 Å². The van der Waals surface area contributed by atoms with Gasteiger partial charge in [0.1, 0.15) is 0 Å². The highest BCUT2D eigenvalue weighted by atomic mass is 35.5. The van der Waals surface area contributed by atoms with E-state index < -0.39 is 34.1 Å². The van der Waals surface area contributed by atoms with Crippen molar-refractivity contribution in [2.24, 2.45) is 0 Å². The Hall–Kier alpha value is -1.30. The highest BCUT2D eigenvalue weighted by Crippen LogP contribution is 2.35. The maximum absolute atomic E-state index is 13.0. The quantitative estimate of drug-likeness (QED) is 0.769. The molecule has 15 heavy (non-hydrogen) atoms. The zero-order valence-corrected chi connectivity index (χ0v) is 7.66. The third-order valence-electron chi connectivity index (χ3n) is 1.62. The van der Waals surface area contributed by atoms with Crippen molar-refractivity contribution in [2.45, 2.75) is 6.18 Å². The summed E-state index contributed by atoms with van der Waals surface area (Å²) in [6, 6.07) is 0.946. The minimum atomic E-state index is -4.90. The van der Waals surface area contributed by atoms with Crippen molar-refractivity contribution in [3.05, 3.63) is 34.1 Å². The van der Waals surface area contributed by atoms with Crippen LogP contribution in [0.1, 0.15) is 17.3 Å². The second-order valence-corrected chi connectivity index (χ2v) is 2.97. The second kappa shape index (κ2) is 3.69. The standard InChI is InChI=1S/C8H3ClF4O2.H2/c9-5-3(7(14)15)1-2-4(6(5)10)8(11,12)13;/h1-2H,(H,14,15);1H. The van der Waals surface area contributed by atoms with Gasteiger partial charge in [-0.2, -0.15) is 13.2 Å². The number of hydrogen-bond acceptors (Lipinski definition) is 1. The summed E-state index contributed by atoms with van der Waals surface area (Å²) >= 11 is 5.14. The molecule has 0 spiro atoms. The Balaban J connectivity index is 0.00000225. The Morgan fingerprint density at radius 1 is 1.40 bits per heavy atom. The van der Waals surface area contributed by atoms with Crippen LogP contribution in [0.25, 0.3) is 0 Å². The summed E-state index contributed by atoms with van der Waals surface area (Å²) in [4.78, 5) is 10.4. The van der Waals surface area contributed by atoms with Gasteiger partial charge in [0, 0.05) is 1.43 Å². The summed E-state index contributed by atoms with van der Waals surface area (Å²) in [5.41, 5.74) is -2.29. The number of carbonyl (C=O) groups is 1. The smallest absolute Gasteiger partial charge is 0.419 e. The molecule has 1 aromatic carbocycles. The van der Waals surface area contributed by atoms with E-state index >= 15 is 0 Å². The lowest BCUT2D eigenvalue weighted by molar-refractivity contribution is -0.140. The van der Waals surface area contributed by atoms with Crippen LogP contribution >= 0.6 is 11.6 Å². The molecule has 7 heteroatoms. The van der Waals surface area contributed by atoms with E-state index in [1.165, 1.54) is 0 Å². The van der Waals surface area contributed by atoms with Gasteiger partial charge >= 0.3 is 12.1 Å². The second-order valence-electron chi connectivity index (χ2n) is 2.59. The van der Waals surface area contributed by atoms with Gasteiger partial charge in [0.2, 0.25) is 0 Å². The number of halogens is 5. The van der Waals surface area contributed by atoms with Gasteiger partial charge in [-0.05, 0) is 12.1 Å².